The zero-order valence-corrected chi connectivity index (χ0v) is 14.2. The highest BCUT2D eigenvalue weighted by atomic mass is 32.2. The van der Waals surface area contributed by atoms with Crippen molar-refractivity contribution in [2.24, 2.45) is 5.92 Å². The number of rotatable bonds is 5. The van der Waals surface area contributed by atoms with Crippen LogP contribution in [-0.2, 0) is 15.8 Å². The molecule has 0 saturated carbocycles. The van der Waals surface area contributed by atoms with Crippen LogP contribution in [0.15, 0.2) is 36.5 Å². The summed E-state index contributed by atoms with van der Waals surface area (Å²) in [6, 6.07) is 9.55. The van der Waals surface area contributed by atoms with E-state index in [0.717, 1.165) is 35.9 Å². The van der Waals surface area contributed by atoms with Crippen molar-refractivity contribution in [1.29, 1.82) is 0 Å². The van der Waals surface area contributed by atoms with E-state index in [2.05, 4.69) is 10.3 Å². The Bertz CT molecular complexity index is 769. The smallest absolute Gasteiger partial charge is 0.218 e. The minimum Gasteiger partial charge on any atom is -0.319 e. The Hall–Kier alpha value is -1.50. The summed E-state index contributed by atoms with van der Waals surface area (Å²) in [7, 11) is -1.40. The molecule has 1 aliphatic rings. The minimum absolute atomic E-state index is 0.0215. The molecule has 1 atom stereocenters. The highest BCUT2D eigenvalue weighted by molar-refractivity contribution is 7.88. The summed E-state index contributed by atoms with van der Waals surface area (Å²) in [5.41, 5.74) is 1.56. The maximum Gasteiger partial charge on any atom is 0.218 e. The van der Waals surface area contributed by atoms with E-state index in [4.69, 9.17) is 0 Å². The molecule has 124 valence electrons. The molecule has 2 aromatic rings. The molecule has 1 aliphatic heterocycles. The van der Waals surface area contributed by atoms with Gasteiger partial charge in [0.15, 0.2) is 0 Å². The van der Waals surface area contributed by atoms with Crippen LogP contribution in [0.25, 0.3) is 10.9 Å². The number of aromatic nitrogens is 1. The van der Waals surface area contributed by atoms with Crippen LogP contribution >= 0.6 is 0 Å². The van der Waals surface area contributed by atoms with Crippen molar-refractivity contribution in [1.82, 2.24) is 14.6 Å². The monoisotopic (exact) mass is 333 g/mol. The summed E-state index contributed by atoms with van der Waals surface area (Å²) in [4.78, 5) is 4.36. The SMILES string of the molecule is CNC[C@@H]1CCCN(S(=O)(=O)Cc2cccc3cccnc23)C1. The highest BCUT2D eigenvalue weighted by Crippen LogP contribution is 2.23. The lowest BCUT2D eigenvalue weighted by Gasteiger charge is -2.32. The summed E-state index contributed by atoms with van der Waals surface area (Å²) in [5, 5.41) is 4.13. The molecule has 0 amide bonds. The molecule has 0 aliphatic carbocycles. The van der Waals surface area contributed by atoms with E-state index in [-0.39, 0.29) is 5.75 Å². The standard InChI is InChI=1S/C17H23N3O2S/c1-18-11-14-5-4-10-20(12-14)23(21,22)13-16-7-2-6-15-8-3-9-19-17(15)16/h2-3,6-9,14,18H,4-5,10-13H2,1H3/t14-/m0/s1. The van der Waals surface area contributed by atoms with Crippen LogP contribution in [0.1, 0.15) is 18.4 Å². The van der Waals surface area contributed by atoms with Crippen LogP contribution in [0.2, 0.25) is 0 Å². The van der Waals surface area contributed by atoms with E-state index in [1.807, 2.05) is 37.4 Å². The second kappa shape index (κ2) is 6.95. The van der Waals surface area contributed by atoms with E-state index >= 15 is 0 Å². The molecule has 1 saturated heterocycles. The molecule has 5 nitrogen and oxygen atoms in total. The Morgan fingerprint density at radius 2 is 2.13 bits per heavy atom. The van der Waals surface area contributed by atoms with Gasteiger partial charge in [-0.3, -0.25) is 4.98 Å². The molecule has 1 aromatic carbocycles. The van der Waals surface area contributed by atoms with Crippen molar-refractivity contribution in [3.8, 4) is 0 Å². The third-order valence-corrected chi connectivity index (χ3v) is 6.22. The van der Waals surface area contributed by atoms with Gasteiger partial charge in [0.1, 0.15) is 0 Å². The van der Waals surface area contributed by atoms with Crippen molar-refractivity contribution in [2.45, 2.75) is 18.6 Å². The number of nitrogens with zero attached hydrogens (tertiary/aromatic N) is 2. The molecular weight excluding hydrogens is 310 g/mol. The lowest BCUT2D eigenvalue weighted by atomic mass is 10.00. The first-order chi connectivity index (χ1) is 11.1. The molecule has 0 bridgehead atoms. The Morgan fingerprint density at radius 1 is 1.30 bits per heavy atom. The number of hydrogen-bond acceptors (Lipinski definition) is 4. The lowest BCUT2D eigenvalue weighted by molar-refractivity contribution is 0.263. The topological polar surface area (TPSA) is 62.3 Å². The van der Waals surface area contributed by atoms with Gasteiger partial charge in [-0.2, -0.15) is 0 Å². The number of sulfonamides is 1. The van der Waals surface area contributed by atoms with Gasteiger partial charge in [0.2, 0.25) is 10.0 Å². The molecule has 1 fully saturated rings. The zero-order valence-electron chi connectivity index (χ0n) is 13.4. The van der Waals surface area contributed by atoms with Crippen LogP contribution in [-0.4, -0.2) is 44.4 Å². The van der Waals surface area contributed by atoms with Gasteiger partial charge in [0, 0.05) is 24.7 Å². The summed E-state index contributed by atoms with van der Waals surface area (Å²) < 4.78 is 27.3. The maximum absolute atomic E-state index is 12.8. The molecule has 23 heavy (non-hydrogen) atoms. The van der Waals surface area contributed by atoms with Crippen LogP contribution in [0.4, 0.5) is 0 Å². The van der Waals surface area contributed by atoms with Crippen LogP contribution < -0.4 is 5.32 Å². The van der Waals surface area contributed by atoms with E-state index in [0.29, 0.717) is 19.0 Å². The molecule has 0 unspecified atom stereocenters. The zero-order chi connectivity index (χ0) is 16.3. The van der Waals surface area contributed by atoms with Gasteiger partial charge in [-0.15, -0.1) is 0 Å². The first-order valence-corrected chi connectivity index (χ1v) is 9.66. The molecule has 3 rings (SSSR count). The fourth-order valence-electron chi connectivity index (χ4n) is 3.31. The van der Waals surface area contributed by atoms with Crippen LogP contribution in [0, 0.1) is 5.92 Å². The normalized spacial score (nSPS) is 20.0. The maximum atomic E-state index is 12.8. The fraction of sp³-hybridized carbons (Fsp3) is 0.471. The summed E-state index contributed by atoms with van der Waals surface area (Å²) in [5.74, 6) is 0.419. The Balaban J connectivity index is 1.82. The molecular formula is C17H23N3O2S. The molecule has 1 aromatic heterocycles. The van der Waals surface area contributed by atoms with Gasteiger partial charge >= 0.3 is 0 Å². The average Bonchev–Trinajstić information content (AvgIpc) is 2.56. The van der Waals surface area contributed by atoms with E-state index in [9.17, 15) is 8.42 Å². The van der Waals surface area contributed by atoms with Crippen molar-refractivity contribution >= 4 is 20.9 Å². The van der Waals surface area contributed by atoms with Gasteiger partial charge in [0.05, 0.1) is 11.3 Å². The van der Waals surface area contributed by atoms with Gasteiger partial charge in [-0.05, 0) is 44.0 Å². The first-order valence-electron chi connectivity index (χ1n) is 8.05. The van der Waals surface area contributed by atoms with E-state index in [1.165, 1.54) is 0 Å². The number of pyridine rings is 1. The van der Waals surface area contributed by atoms with Crippen molar-refractivity contribution < 1.29 is 8.42 Å². The fourth-order valence-corrected chi connectivity index (χ4v) is 4.96. The third kappa shape index (κ3) is 3.71. The average molecular weight is 333 g/mol. The van der Waals surface area contributed by atoms with Crippen molar-refractivity contribution in [3.05, 3.63) is 42.1 Å². The molecule has 0 spiro atoms. The molecule has 0 radical (unpaired) electrons. The van der Waals surface area contributed by atoms with Gasteiger partial charge in [-0.25, -0.2) is 12.7 Å². The third-order valence-electron chi connectivity index (χ3n) is 4.42. The quantitative estimate of drug-likeness (QED) is 0.909. The number of fused-ring (bicyclic) bond motifs is 1. The first kappa shape index (κ1) is 16.4. The number of hydrogen-bond donors (Lipinski definition) is 1. The van der Waals surface area contributed by atoms with Gasteiger partial charge < -0.3 is 5.32 Å². The number of benzene rings is 1. The predicted molar refractivity (Wildman–Crippen MR) is 92.6 cm³/mol. The minimum atomic E-state index is -3.31. The largest absolute Gasteiger partial charge is 0.319 e. The number of piperidine rings is 1. The number of nitrogens with one attached hydrogen (secondary N) is 1. The summed E-state index contributed by atoms with van der Waals surface area (Å²) in [6.07, 6.45) is 3.73. The Kier molecular flexibility index (Phi) is 4.94. The van der Waals surface area contributed by atoms with Crippen LogP contribution in [0.3, 0.4) is 0 Å². The Labute approximate surface area is 137 Å². The van der Waals surface area contributed by atoms with E-state index < -0.39 is 10.0 Å². The predicted octanol–water partition coefficient (Wildman–Crippen LogP) is 2.00. The molecule has 1 N–H and O–H groups in total. The van der Waals surface area contributed by atoms with E-state index in [1.54, 1.807) is 10.5 Å². The number of para-hydroxylation sites is 1. The second-order valence-corrected chi connectivity index (χ2v) is 8.14. The Morgan fingerprint density at radius 3 is 2.96 bits per heavy atom. The van der Waals surface area contributed by atoms with Gasteiger partial charge in [-0.1, -0.05) is 24.3 Å². The molecule has 2 heterocycles. The second-order valence-electron chi connectivity index (χ2n) is 6.17. The highest BCUT2D eigenvalue weighted by Gasteiger charge is 2.29. The lowest BCUT2D eigenvalue weighted by Crippen LogP contribution is -2.42. The summed E-state index contributed by atoms with van der Waals surface area (Å²) in [6.45, 7) is 2.10. The molecule has 6 heteroatoms. The van der Waals surface area contributed by atoms with Gasteiger partial charge in [0.25, 0.3) is 0 Å². The summed E-state index contributed by atoms with van der Waals surface area (Å²) >= 11 is 0. The van der Waals surface area contributed by atoms with Crippen molar-refractivity contribution in [2.75, 3.05) is 26.7 Å². The van der Waals surface area contributed by atoms with Crippen molar-refractivity contribution in [3.63, 3.8) is 0 Å². The van der Waals surface area contributed by atoms with Crippen LogP contribution in [0.5, 0.6) is 0 Å².